The molecule has 1 aromatic carbocycles. The minimum Gasteiger partial charge on any atom is -0.372 e. The smallest absolute Gasteiger partial charge is 0.0366 e. The Hall–Kier alpha value is -1.02. The Morgan fingerprint density at radius 1 is 0.947 bits per heavy atom. The molecule has 0 aliphatic rings. The lowest BCUT2D eigenvalue weighted by molar-refractivity contribution is 0.537. The second-order valence-corrected chi connectivity index (χ2v) is 5.10. The number of benzene rings is 1. The Morgan fingerprint density at radius 2 is 1.53 bits per heavy atom. The molecule has 0 saturated heterocycles. The first-order valence-corrected chi connectivity index (χ1v) is 7.85. The fourth-order valence-corrected chi connectivity index (χ4v) is 2.57. The zero-order chi connectivity index (χ0) is 14.1. The number of hydrogen-bond acceptors (Lipinski definition) is 2. The molecule has 0 aliphatic carbocycles. The summed E-state index contributed by atoms with van der Waals surface area (Å²) in [6.07, 6.45) is 3.55. The van der Waals surface area contributed by atoms with Crippen molar-refractivity contribution < 1.29 is 0 Å². The third-order valence-corrected chi connectivity index (χ3v) is 3.51. The lowest BCUT2D eigenvalue weighted by Crippen LogP contribution is -2.25. The minimum atomic E-state index is 0.491. The van der Waals surface area contributed by atoms with E-state index in [1.54, 1.807) is 0 Å². The SMILES string of the molecule is CCCN(CCC)c1ccc(C(CC)NCC)cc1. The molecular weight excluding hydrogens is 232 g/mol. The lowest BCUT2D eigenvalue weighted by Gasteiger charge is -2.25. The monoisotopic (exact) mass is 262 g/mol. The summed E-state index contributed by atoms with van der Waals surface area (Å²) < 4.78 is 0. The standard InChI is InChI=1S/C17H30N2/c1-5-13-19(14-6-2)16-11-9-15(10-12-16)17(7-3)18-8-4/h9-12,17-18H,5-8,13-14H2,1-4H3. The van der Waals surface area contributed by atoms with Gasteiger partial charge in [-0.25, -0.2) is 0 Å². The van der Waals surface area contributed by atoms with Crippen molar-refractivity contribution in [1.29, 1.82) is 0 Å². The van der Waals surface area contributed by atoms with E-state index in [0.717, 1.165) is 26.1 Å². The molecule has 1 rings (SSSR count). The van der Waals surface area contributed by atoms with E-state index >= 15 is 0 Å². The summed E-state index contributed by atoms with van der Waals surface area (Å²) in [5, 5.41) is 3.53. The van der Waals surface area contributed by atoms with Gasteiger partial charge < -0.3 is 10.2 Å². The van der Waals surface area contributed by atoms with Crippen molar-refractivity contribution in [2.24, 2.45) is 0 Å². The van der Waals surface area contributed by atoms with Crippen LogP contribution in [0.1, 0.15) is 58.6 Å². The number of anilines is 1. The Labute approximate surface area is 119 Å². The molecule has 108 valence electrons. The van der Waals surface area contributed by atoms with Gasteiger partial charge in [-0.05, 0) is 43.5 Å². The quantitative estimate of drug-likeness (QED) is 0.710. The maximum atomic E-state index is 3.53. The van der Waals surface area contributed by atoms with Crippen LogP contribution in [-0.4, -0.2) is 19.6 Å². The first-order valence-electron chi connectivity index (χ1n) is 7.85. The topological polar surface area (TPSA) is 15.3 Å². The molecule has 0 aliphatic heterocycles. The summed E-state index contributed by atoms with van der Waals surface area (Å²) in [5.74, 6) is 0. The van der Waals surface area contributed by atoms with Crippen LogP contribution in [0.2, 0.25) is 0 Å². The maximum Gasteiger partial charge on any atom is 0.0366 e. The predicted octanol–water partition coefficient (Wildman–Crippen LogP) is 4.37. The number of nitrogens with one attached hydrogen (secondary N) is 1. The summed E-state index contributed by atoms with van der Waals surface area (Å²) in [5.41, 5.74) is 2.76. The highest BCUT2D eigenvalue weighted by atomic mass is 15.1. The molecule has 1 aromatic rings. The van der Waals surface area contributed by atoms with Gasteiger partial charge in [0.2, 0.25) is 0 Å². The van der Waals surface area contributed by atoms with Gasteiger partial charge in [-0.15, -0.1) is 0 Å². The van der Waals surface area contributed by atoms with Crippen molar-refractivity contribution >= 4 is 5.69 Å². The van der Waals surface area contributed by atoms with Crippen LogP contribution in [0.4, 0.5) is 5.69 Å². The molecular formula is C17H30N2. The summed E-state index contributed by atoms with van der Waals surface area (Å²) in [7, 11) is 0. The molecule has 1 unspecified atom stereocenters. The second-order valence-electron chi connectivity index (χ2n) is 5.10. The largest absolute Gasteiger partial charge is 0.372 e. The summed E-state index contributed by atoms with van der Waals surface area (Å²) >= 11 is 0. The van der Waals surface area contributed by atoms with Crippen molar-refractivity contribution in [2.75, 3.05) is 24.5 Å². The average molecular weight is 262 g/mol. The van der Waals surface area contributed by atoms with E-state index in [0.29, 0.717) is 6.04 Å². The van der Waals surface area contributed by atoms with Crippen LogP contribution in [-0.2, 0) is 0 Å². The van der Waals surface area contributed by atoms with Gasteiger partial charge in [-0.3, -0.25) is 0 Å². The second kappa shape index (κ2) is 8.98. The summed E-state index contributed by atoms with van der Waals surface area (Å²) in [6, 6.07) is 9.61. The first kappa shape index (κ1) is 16.0. The van der Waals surface area contributed by atoms with Crippen molar-refractivity contribution in [3.63, 3.8) is 0 Å². The fraction of sp³-hybridized carbons (Fsp3) is 0.647. The molecule has 0 bridgehead atoms. The van der Waals surface area contributed by atoms with Gasteiger partial charge in [0, 0.05) is 24.8 Å². The van der Waals surface area contributed by atoms with E-state index in [4.69, 9.17) is 0 Å². The van der Waals surface area contributed by atoms with Gasteiger partial charge in [0.15, 0.2) is 0 Å². The minimum absolute atomic E-state index is 0.491. The van der Waals surface area contributed by atoms with Crippen LogP contribution in [0, 0.1) is 0 Å². The molecule has 2 nitrogen and oxygen atoms in total. The highest BCUT2D eigenvalue weighted by Gasteiger charge is 2.09. The van der Waals surface area contributed by atoms with Gasteiger partial charge in [0.25, 0.3) is 0 Å². The van der Waals surface area contributed by atoms with Gasteiger partial charge in [-0.2, -0.15) is 0 Å². The van der Waals surface area contributed by atoms with Crippen molar-refractivity contribution in [2.45, 2.75) is 53.0 Å². The van der Waals surface area contributed by atoms with Crippen molar-refractivity contribution in [3.8, 4) is 0 Å². The maximum absolute atomic E-state index is 3.53. The van der Waals surface area contributed by atoms with E-state index in [1.165, 1.54) is 24.1 Å². The highest BCUT2D eigenvalue weighted by molar-refractivity contribution is 5.48. The van der Waals surface area contributed by atoms with Crippen LogP contribution in [0.15, 0.2) is 24.3 Å². The predicted molar refractivity (Wildman–Crippen MR) is 85.9 cm³/mol. The van der Waals surface area contributed by atoms with Crippen molar-refractivity contribution in [1.82, 2.24) is 5.32 Å². The molecule has 1 N–H and O–H groups in total. The van der Waals surface area contributed by atoms with E-state index in [9.17, 15) is 0 Å². The van der Waals surface area contributed by atoms with Crippen LogP contribution in [0.25, 0.3) is 0 Å². The Morgan fingerprint density at radius 3 is 1.95 bits per heavy atom. The Balaban J connectivity index is 2.78. The number of nitrogens with zero attached hydrogens (tertiary/aromatic N) is 1. The van der Waals surface area contributed by atoms with E-state index in [2.05, 4.69) is 62.2 Å². The van der Waals surface area contributed by atoms with Crippen LogP contribution >= 0.6 is 0 Å². The zero-order valence-electron chi connectivity index (χ0n) is 13.1. The average Bonchev–Trinajstić information content (AvgIpc) is 2.45. The van der Waals surface area contributed by atoms with Gasteiger partial charge >= 0.3 is 0 Å². The van der Waals surface area contributed by atoms with Crippen LogP contribution < -0.4 is 10.2 Å². The summed E-state index contributed by atoms with van der Waals surface area (Å²) in [4.78, 5) is 2.48. The molecule has 0 saturated carbocycles. The fourth-order valence-electron chi connectivity index (χ4n) is 2.57. The molecule has 0 amide bonds. The zero-order valence-corrected chi connectivity index (χ0v) is 13.1. The molecule has 0 spiro atoms. The molecule has 2 heteroatoms. The molecule has 0 aromatic heterocycles. The van der Waals surface area contributed by atoms with Gasteiger partial charge in [-0.1, -0.05) is 39.8 Å². The van der Waals surface area contributed by atoms with Gasteiger partial charge in [0.05, 0.1) is 0 Å². The van der Waals surface area contributed by atoms with Crippen LogP contribution in [0.5, 0.6) is 0 Å². The normalized spacial score (nSPS) is 12.4. The summed E-state index contributed by atoms with van der Waals surface area (Å²) in [6.45, 7) is 12.2. The van der Waals surface area contributed by atoms with Crippen LogP contribution in [0.3, 0.4) is 0 Å². The Kier molecular flexibility index (Phi) is 7.57. The molecule has 19 heavy (non-hydrogen) atoms. The molecule has 0 radical (unpaired) electrons. The first-order chi connectivity index (χ1) is 9.26. The van der Waals surface area contributed by atoms with E-state index in [1.807, 2.05) is 0 Å². The van der Waals surface area contributed by atoms with E-state index in [-0.39, 0.29) is 0 Å². The third kappa shape index (κ3) is 4.87. The van der Waals surface area contributed by atoms with Crippen molar-refractivity contribution in [3.05, 3.63) is 29.8 Å². The molecule has 1 atom stereocenters. The lowest BCUT2D eigenvalue weighted by atomic mass is 10.0. The molecule has 0 fully saturated rings. The highest BCUT2D eigenvalue weighted by Crippen LogP contribution is 2.21. The van der Waals surface area contributed by atoms with E-state index < -0.39 is 0 Å². The Bertz CT molecular complexity index is 326. The number of hydrogen-bond donors (Lipinski definition) is 1. The van der Waals surface area contributed by atoms with Gasteiger partial charge in [0.1, 0.15) is 0 Å². The number of rotatable bonds is 9. The third-order valence-electron chi connectivity index (χ3n) is 3.51. The molecule has 0 heterocycles.